The summed E-state index contributed by atoms with van der Waals surface area (Å²) in [5.74, 6) is -2.44. The summed E-state index contributed by atoms with van der Waals surface area (Å²) < 4.78 is 31.4. The number of benzene rings is 1. The van der Waals surface area contributed by atoms with E-state index in [0.717, 1.165) is 19.2 Å². The van der Waals surface area contributed by atoms with E-state index in [1.54, 1.807) is 13.8 Å². The highest BCUT2D eigenvalue weighted by atomic mass is 19.1. The van der Waals surface area contributed by atoms with Gasteiger partial charge in [0, 0.05) is 30.5 Å². The highest BCUT2D eigenvalue weighted by Gasteiger charge is 2.16. The van der Waals surface area contributed by atoms with Crippen LogP contribution in [-0.2, 0) is 0 Å². The highest BCUT2D eigenvalue weighted by molar-refractivity contribution is 5.89. The van der Waals surface area contributed by atoms with Crippen LogP contribution in [0.5, 0.6) is 5.75 Å². The summed E-state index contributed by atoms with van der Waals surface area (Å²) in [6, 6.07) is 1.03. The summed E-state index contributed by atoms with van der Waals surface area (Å²) in [5.41, 5.74) is -0.0258. The van der Waals surface area contributed by atoms with Crippen molar-refractivity contribution < 1.29 is 23.4 Å². The van der Waals surface area contributed by atoms with Gasteiger partial charge in [0.1, 0.15) is 0 Å². The van der Waals surface area contributed by atoms with Crippen molar-refractivity contribution in [1.29, 1.82) is 0 Å². The number of ether oxygens (including phenoxy) is 1. The number of amides is 2. The number of nitrogens with one attached hydrogen (secondary N) is 2. The molecule has 20 heavy (non-hydrogen) atoms. The number of hydrogen-bond donors (Lipinski definition) is 3. The van der Waals surface area contributed by atoms with E-state index >= 15 is 0 Å². The molecule has 5 nitrogen and oxygen atoms in total. The van der Waals surface area contributed by atoms with Gasteiger partial charge in [-0.25, -0.2) is 13.6 Å². The van der Waals surface area contributed by atoms with Gasteiger partial charge in [0.25, 0.3) is 0 Å². The summed E-state index contributed by atoms with van der Waals surface area (Å²) in [5, 5.41) is 13.8. The van der Waals surface area contributed by atoms with E-state index < -0.39 is 23.4 Å². The molecule has 2 unspecified atom stereocenters. The Labute approximate surface area is 115 Å². The molecular formula is C13H18F2N2O3. The highest BCUT2D eigenvalue weighted by Crippen LogP contribution is 2.25. The third-order valence-corrected chi connectivity index (χ3v) is 2.96. The second kappa shape index (κ2) is 7.04. The second-order valence-electron chi connectivity index (χ2n) is 4.52. The van der Waals surface area contributed by atoms with Crippen LogP contribution in [-0.4, -0.2) is 30.9 Å². The smallest absolute Gasteiger partial charge is 0.319 e. The van der Waals surface area contributed by atoms with E-state index in [9.17, 15) is 13.6 Å². The molecule has 0 aliphatic heterocycles. The Kier molecular flexibility index (Phi) is 5.69. The Balaban J connectivity index is 2.72. The molecule has 0 aromatic heterocycles. The molecule has 0 saturated heterocycles. The summed E-state index contributed by atoms with van der Waals surface area (Å²) in [6.45, 7) is 3.40. The van der Waals surface area contributed by atoms with Crippen molar-refractivity contribution in [3.8, 4) is 5.75 Å². The minimum atomic E-state index is -0.903. The molecule has 1 rings (SSSR count). The van der Waals surface area contributed by atoms with Gasteiger partial charge in [-0.3, -0.25) is 0 Å². The number of aliphatic hydroxyl groups excluding tert-OH is 1. The third-order valence-electron chi connectivity index (χ3n) is 2.96. The van der Waals surface area contributed by atoms with E-state index in [-0.39, 0.29) is 24.3 Å². The van der Waals surface area contributed by atoms with Crippen molar-refractivity contribution in [2.45, 2.75) is 19.9 Å². The monoisotopic (exact) mass is 288 g/mol. The number of hydrogen-bond acceptors (Lipinski definition) is 3. The van der Waals surface area contributed by atoms with Gasteiger partial charge in [-0.05, 0) is 12.8 Å². The van der Waals surface area contributed by atoms with Crippen LogP contribution in [0.15, 0.2) is 12.1 Å². The maximum atomic E-state index is 13.4. The SMILES string of the molecule is COc1c(F)cc(NC(=O)NC(C)C(C)CO)cc1F. The van der Waals surface area contributed by atoms with Crippen LogP contribution in [0.4, 0.5) is 19.3 Å². The Morgan fingerprint density at radius 3 is 2.35 bits per heavy atom. The van der Waals surface area contributed by atoms with Crippen LogP contribution < -0.4 is 15.4 Å². The quantitative estimate of drug-likeness (QED) is 0.777. The summed E-state index contributed by atoms with van der Waals surface area (Å²) in [6.07, 6.45) is 0. The Morgan fingerprint density at radius 2 is 1.90 bits per heavy atom. The van der Waals surface area contributed by atoms with E-state index in [4.69, 9.17) is 5.11 Å². The maximum Gasteiger partial charge on any atom is 0.319 e. The number of methoxy groups -OCH3 is 1. The molecule has 2 amide bonds. The van der Waals surface area contributed by atoms with E-state index in [1.165, 1.54) is 0 Å². The molecule has 0 aliphatic rings. The zero-order valence-corrected chi connectivity index (χ0v) is 11.5. The Morgan fingerprint density at radius 1 is 1.35 bits per heavy atom. The lowest BCUT2D eigenvalue weighted by atomic mass is 10.1. The lowest BCUT2D eigenvalue weighted by Crippen LogP contribution is -2.40. The fourth-order valence-electron chi connectivity index (χ4n) is 1.50. The number of carbonyl (C=O) groups is 1. The van der Waals surface area contributed by atoms with E-state index in [2.05, 4.69) is 15.4 Å². The molecule has 0 spiro atoms. The third kappa shape index (κ3) is 4.06. The summed E-state index contributed by atoms with van der Waals surface area (Å²) in [7, 11) is 1.15. The van der Waals surface area contributed by atoms with Crippen LogP contribution in [0.3, 0.4) is 0 Å². The Hall–Kier alpha value is -1.89. The van der Waals surface area contributed by atoms with Crippen molar-refractivity contribution in [3.63, 3.8) is 0 Å². The zero-order valence-electron chi connectivity index (χ0n) is 11.5. The number of urea groups is 1. The van der Waals surface area contributed by atoms with Crippen LogP contribution in [0.1, 0.15) is 13.8 Å². The lowest BCUT2D eigenvalue weighted by molar-refractivity contribution is 0.204. The number of halogens is 2. The van der Waals surface area contributed by atoms with Crippen molar-refractivity contribution in [3.05, 3.63) is 23.8 Å². The minimum Gasteiger partial charge on any atom is -0.491 e. The molecule has 1 aromatic rings. The average molecular weight is 288 g/mol. The first-order chi connectivity index (χ1) is 9.38. The molecule has 7 heteroatoms. The molecule has 0 heterocycles. The summed E-state index contributed by atoms with van der Waals surface area (Å²) >= 11 is 0. The first kappa shape index (κ1) is 16.2. The standard InChI is InChI=1S/C13H18F2N2O3/c1-7(6-18)8(2)16-13(19)17-9-4-10(14)12(20-3)11(15)5-9/h4-5,7-8,18H,6H2,1-3H3,(H2,16,17,19). The predicted molar refractivity (Wildman–Crippen MR) is 70.8 cm³/mol. The normalized spacial score (nSPS) is 13.5. The van der Waals surface area contributed by atoms with Gasteiger partial charge in [-0.2, -0.15) is 0 Å². The fraction of sp³-hybridized carbons (Fsp3) is 0.462. The number of rotatable bonds is 5. The van der Waals surface area contributed by atoms with E-state index in [1.807, 2.05) is 0 Å². The molecule has 0 fully saturated rings. The van der Waals surface area contributed by atoms with Crippen molar-refractivity contribution in [2.24, 2.45) is 5.92 Å². The van der Waals surface area contributed by atoms with Crippen molar-refractivity contribution in [2.75, 3.05) is 19.0 Å². The maximum absolute atomic E-state index is 13.4. The van der Waals surface area contributed by atoms with Gasteiger partial charge in [0.2, 0.25) is 0 Å². The van der Waals surface area contributed by atoms with Crippen LogP contribution >= 0.6 is 0 Å². The molecule has 112 valence electrons. The average Bonchev–Trinajstić information content (AvgIpc) is 2.37. The lowest BCUT2D eigenvalue weighted by Gasteiger charge is -2.19. The number of anilines is 1. The van der Waals surface area contributed by atoms with Gasteiger partial charge in [-0.1, -0.05) is 6.92 Å². The van der Waals surface area contributed by atoms with Gasteiger partial charge in [0.05, 0.1) is 7.11 Å². The topological polar surface area (TPSA) is 70.6 Å². The minimum absolute atomic E-state index is 0.0258. The number of carbonyl (C=O) groups excluding carboxylic acids is 1. The second-order valence-corrected chi connectivity index (χ2v) is 4.52. The molecule has 0 radical (unpaired) electrons. The summed E-state index contributed by atoms with van der Waals surface area (Å²) in [4.78, 5) is 11.6. The van der Waals surface area contributed by atoms with Crippen LogP contribution in [0.2, 0.25) is 0 Å². The number of aliphatic hydroxyl groups is 1. The molecule has 2 atom stereocenters. The van der Waals surface area contributed by atoms with Crippen molar-refractivity contribution >= 4 is 11.7 Å². The molecule has 0 bridgehead atoms. The molecule has 3 N–H and O–H groups in total. The molecule has 1 aromatic carbocycles. The van der Waals surface area contributed by atoms with E-state index in [0.29, 0.717) is 0 Å². The molecule has 0 saturated carbocycles. The first-order valence-corrected chi connectivity index (χ1v) is 6.10. The first-order valence-electron chi connectivity index (χ1n) is 6.10. The molecular weight excluding hydrogens is 270 g/mol. The predicted octanol–water partition coefficient (Wildman–Crippen LogP) is 2.11. The Bertz CT molecular complexity index is 460. The van der Waals surface area contributed by atoms with Gasteiger partial charge in [-0.15, -0.1) is 0 Å². The molecule has 0 aliphatic carbocycles. The van der Waals surface area contributed by atoms with Crippen molar-refractivity contribution in [1.82, 2.24) is 5.32 Å². The van der Waals surface area contributed by atoms with Gasteiger partial charge >= 0.3 is 6.03 Å². The fourth-order valence-corrected chi connectivity index (χ4v) is 1.50. The zero-order chi connectivity index (χ0) is 15.3. The van der Waals surface area contributed by atoms with Gasteiger partial charge < -0.3 is 20.5 Å². The van der Waals surface area contributed by atoms with Gasteiger partial charge in [0.15, 0.2) is 17.4 Å². The van der Waals surface area contributed by atoms with Crippen LogP contribution in [0.25, 0.3) is 0 Å². The van der Waals surface area contributed by atoms with Crippen LogP contribution in [0, 0.1) is 17.6 Å². The largest absolute Gasteiger partial charge is 0.491 e.